The van der Waals surface area contributed by atoms with E-state index in [0.717, 1.165) is 28.1 Å². The number of hydrogen-bond acceptors (Lipinski definition) is 4. The summed E-state index contributed by atoms with van der Waals surface area (Å²) in [6.07, 6.45) is 1.87. The number of aliphatic imine (C=N–C) groups is 1. The van der Waals surface area contributed by atoms with E-state index in [9.17, 15) is 4.79 Å². The van der Waals surface area contributed by atoms with Crippen LogP contribution in [0.15, 0.2) is 52.4 Å². The first-order chi connectivity index (χ1) is 12.0. The second-order valence-electron chi connectivity index (χ2n) is 5.94. The summed E-state index contributed by atoms with van der Waals surface area (Å²) in [6, 6.07) is 13.8. The first-order valence-corrected chi connectivity index (χ1v) is 8.77. The lowest BCUT2D eigenvalue weighted by Crippen LogP contribution is -2.23. The van der Waals surface area contributed by atoms with E-state index in [1.54, 1.807) is 19.1 Å². The van der Waals surface area contributed by atoms with Gasteiger partial charge in [-0.1, -0.05) is 24.3 Å². The lowest BCUT2D eigenvalue weighted by molar-refractivity contribution is -0.121. The molecular formula is C20H20N2O2S. The van der Waals surface area contributed by atoms with Gasteiger partial charge >= 0.3 is 0 Å². The molecule has 2 aromatic carbocycles. The average molecular weight is 352 g/mol. The van der Waals surface area contributed by atoms with Gasteiger partial charge in [-0.3, -0.25) is 9.69 Å². The van der Waals surface area contributed by atoms with Gasteiger partial charge in [0.15, 0.2) is 5.17 Å². The van der Waals surface area contributed by atoms with Crippen LogP contribution < -0.4 is 4.74 Å². The summed E-state index contributed by atoms with van der Waals surface area (Å²) >= 11 is 1.39. The van der Waals surface area contributed by atoms with E-state index in [1.807, 2.05) is 56.3 Å². The highest BCUT2D eigenvalue weighted by Crippen LogP contribution is 2.34. The molecule has 1 aliphatic heterocycles. The zero-order chi connectivity index (χ0) is 18.0. The molecule has 0 aromatic heterocycles. The first kappa shape index (κ1) is 17.3. The lowest BCUT2D eigenvalue weighted by atomic mass is 10.1. The van der Waals surface area contributed by atoms with E-state index in [4.69, 9.17) is 9.73 Å². The molecule has 3 rings (SSSR count). The highest BCUT2D eigenvalue weighted by Gasteiger charge is 2.30. The van der Waals surface area contributed by atoms with Gasteiger partial charge in [-0.2, -0.15) is 0 Å². The fraction of sp³-hybridized carbons (Fsp3) is 0.200. The minimum Gasteiger partial charge on any atom is -0.497 e. The van der Waals surface area contributed by atoms with Crippen LogP contribution in [0.2, 0.25) is 0 Å². The summed E-state index contributed by atoms with van der Waals surface area (Å²) in [6.45, 7) is 4.06. The number of likely N-dealkylation sites (N-methyl/N-ethyl adjacent to an activating group) is 1. The Bertz CT molecular complexity index is 887. The second kappa shape index (κ2) is 7.15. The highest BCUT2D eigenvalue weighted by molar-refractivity contribution is 8.18. The number of carbonyl (C=O) groups is 1. The third kappa shape index (κ3) is 3.77. The molecule has 1 amide bonds. The maximum absolute atomic E-state index is 12.5. The number of benzene rings is 2. The van der Waals surface area contributed by atoms with Crippen LogP contribution in [-0.4, -0.2) is 30.1 Å². The molecule has 0 saturated carbocycles. The van der Waals surface area contributed by atoms with E-state index in [1.165, 1.54) is 11.8 Å². The Balaban J connectivity index is 1.93. The molecule has 0 bridgehead atoms. The van der Waals surface area contributed by atoms with Gasteiger partial charge in [-0.05, 0) is 66.6 Å². The van der Waals surface area contributed by atoms with Crippen molar-refractivity contribution >= 4 is 34.6 Å². The maximum Gasteiger partial charge on any atom is 0.266 e. The Hall–Kier alpha value is -2.53. The molecule has 1 heterocycles. The zero-order valence-corrected chi connectivity index (χ0v) is 15.6. The molecule has 128 valence electrons. The molecule has 1 aliphatic rings. The van der Waals surface area contributed by atoms with E-state index >= 15 is 0 Å². The number of thioether (sulfide) groups is 1. The Morgan fingerprint density at radius 1 is 1.16 bits per heavy atom. The summed E-state index contributed by atoms with van der Waals surface area (Å²) in [4.78, 5) is 19.5. The van der Waals surface area contributed by atoms with E-state index in [0.29, 0.717) is 10.1 Å². The van der Waals surface area contributed by atoms with Crippen LogP contribution in [0.3, 0.4) is 0 Å². The Morgan fingerprint density at radius 3 is 2.72 bits per heavy atom. The molecule has 5 heteroatoms. The summed E-state index contributed by atoms with van der Waals surface area (Å²) in [5, 5.41) is 0.688. The summed E-state index contributed by atoms with van der Waals surface area (Å²) in [5.41, 5.74) is 4.06. The van der Waals surface area contributed by atoms with Gasteiger partial charge in [-0.25, -0.2) is 4.99 Å². The largest absolute Gasteiger partial charge is 0.497 e. The van der Waals surface area contributed by atoms with Crippen LogP contribution in [0.4, 0.5) is 5.69 Å². The van der Waals surface area contributed by atoms with Crippen LogP contribution >= 0.6 is 11.8 Å². The van der Waals surface area contributed by atoms with Gasteiger partial charge in [0.2, 0.25) is 0 Å². The van der Waals surface area contributed by atoms with Gasteiger partial charge in [0, 0.05) is 7.05 Å². The Kier molecular flexibility index (Phi) is 4.95. The van der Waals surface area contributed by atoms with Gasteiger partial charge in [-0.15, -0.1) is 0 Å². The normalized spacial score (nSPS) is 17.6. The van der Waals surface area contributed by atoms with Crippen LogP contribution in [0.25, 0.3) is 6.08 Å². The zero-order valence-electron chi connectivity index (χ0n) is 14.7. The predicted molar refractivity (Wildman–Crippen MR) is 104 cm³/mol. The highest BCUT2D eigenvalue weighted by atomic mass is 32.2. The maximum atomic E-state index is 12.5. The lowest BCUT2D eigenvalue weighted by Gasteiger charge is -2.08. The van der Waals surface area contributed by atoms with Crippen molar-refractivity contribution in [3.05, 3.63) is 64.1 Å². The average Bonchev–Trinajstić information content (AvgIpc) is 2.86. The van der Waals surface area contributed by atoms with Crippen molar-refractivity contribution in [3.63, 3.8) is 0 Å². The Labute approximate surface area is 152 Å². The number of methoxy groups -OCH3 is 1. The van der Waals surface area contributed by atoms with Crippen LogP contribution in [-0.2, 0) is 4.79 Å². The minimum atomic E-state index is -0.0446. The molecule has 1 saturated heterocycles. The van der Waals surface area contributed by atoms with Crippen LogP contribution in [0.5, 0.6) is 5.75 Å². The molecule has 0 aliphatic carbocycles. The molecular weight excluding hydrogens is 332 g/mol. The van der Waals surface area contributed by atoms with Crippen molar-refractivity contribution in [1.82, 2.24) is 4.90 Å². The van der Waals surface area contributed by atoms with Gasteiger partial charge < -0.3 is 4.74 Å². The standard InChI is InChI=1S/C20H20N2O2S/c1-13-8-9-14(2)17(10-13)21-20-22(3)19(23)18(25-20)12-15-6-5-7-16(11-15)24-4/h5-12H,1-4H3. The number of nitrogens with zero attached hydrogens (tertiary/aromatic N) is 2. The first-order valence-electron chi connectivity index (χ1n) is 7.95. The molecule has 4 nitrogen and oxygen atoms in total. The van der Waals surface area contributed by atoms with Crippen molar-refractivity contribution in [2.24, 2.45) is 4.99 Å². The van der Waals surface area contributed by atoms with Crippen molar-refractivity contribution < 1.29 is 9.53 Å². The van der Waals surface area contributed by atoms with Gasteiger partial charge in [0.1, 0.15) is 5.75 Å². The number of ether oxygens (including phenoxy) is 1. The summed E-state index contributed by atoms with van der Waals surface area (Å²) < 4.78 is 5.24. The number of aryl methyl sites for hydroxylation is 2. The predicted octanol–water partition coefficient (Wildman–Crippen LogP) is 4.55. The Morgan fingerprint density at radius 2 is 1.96 bits per heavy atom. The van der Waals surface area contributed by atoms with E-state index < -0.39 is 0 Å². The second-order valence-corrected chi connectivity index (χ2v) is 6.94. The van der Waals surface area contributed by atoms with E-state index in [-0.39, 0.29) is 5.91 Å². The van der Waals surface area contributed by atoms with Crippen LogP contribution in [0.1, 0.15) is 16.7 Å². The fourth-order valence-electron chi connectivity index (χ4n) is 2.48. The smallest absolute Gasteiger partial charge is 0.266 e. The number of rotatable bonds is 3. The number of amides is 1. The molecule has 0 spiro atoms. The number of amidine groups is 1. The molecule has 25 heavy (non-hydrogen) atoms. The molecule has 0 atom stereocenters. The molecule has 0 N–H and O–H groups in total. The number of carbonyl (C=O) groups excluding carboxylic acids is 1. The molecule has 0 radical (unpaired) electrons. The fourth-order valence-corrected chi connectivity index (χ4v) is 3.46. The van der Waals surface area contributed by atoms with Crippen molar-refractivity contribution in [1.29, 1.82) is 0 Å². The monoisotopic (exact) mass is 352 g/mol. The van der Waals surface area contributed by atoms with Crippen molar-refractivity contribution in [3.8, 4) is 5.75 Å². The third-order valence-corrected chi connectivity index (χ3v) is 5.04. The molecule has 0 unspecified atom stereocenters. The van der Waals surface area contributed by atoms with Crippen molar-refractivity contribution in [2.75, 3.05) is 14.2 Å². The van der Waals surface area contributed by atoms with E-state index in [2.05, 4.69) is 6.07 Å². The third-order valence-electron chi connectivity index (χ3n) is 3.98. The molecule has 1 fully saturated rings. The SMILES string of the molecule is COc1cccc(C=C2SC(=Nc3cc(C)ccc3C)N(C)C2=O)c1. The summed E-state index contributed by atoms with van der Waals surface area (Å²) in [7, 11) is 3.39. The quantitative estimate of drug-likeness (QED) is 0.761. The minimum absolute atomic E-state index is 0.0446. The molecule has 2 aromatic rings. The van der Waals surface area contributed by atoms with Crippen LogP contribution in [0, 0.1) is 13.8 Å². The van der Waals surface area contributed by atoms with Crippen molar-refractivity contribution in [2.45, 2.75) is 13.8 Å². The number of hydrogen-bond donors (Lipinski definition) is 0. The van der Waals surface area contributed by atoms with Gasteiger partial charge in [0.25, 0.3) is 5.91 Å². The summed E-state index contributed by atoms with van der Waals surface area (Å²) in [5.74, 6) is 0.722. The van der Waals surface area contributed by atoms with Gasteiger partial charge in [0.05, 0.1) is 17.7 Å². The topological polar surface area (TPSA) is 41.9 Å².